The van der Waals surface area contributed by atoms with Crippen LogP contribution < -0.4 is 5.63 Å². The molecule has 2 heterocycles. The number of aryl methyl sites for hydroxylation is 1. The number of carbonyl (C=O) groups excluding carboxylic acids is 1. The third-order valence-electron chi connectivity index (χ3n) is 5.99. The van der Waals surface area contributed by atoms with Crippen molar-refractivity contribution in [1.82, 2.24) is 4.31 Å². The number of fused-ring (bicyclic) bond motifs is 1. The van der Waals surface area contributed by atoms with E-state index in [9.17, 15) is 18.0 Å². The van der Waals surface area contributed by atoms with Crippen molar-refractivity contribution in [1.29, 1.82) is 0 Å². The average Bonchev–Trinajstić information content (AvgIpc) is 3.32. The first-order valence-electron chi connectivity index (χ1n) is 11.0. The van der Waals surface area contributed by atoms with Crippen molar-refractivity contribution in [3.05, 3.63) is 75.1 Å². The lowest BCUT2D eigenvalue weighted by Crippen LogP contribution is -2.27. The SMILES string of the molecule is Cc1cc2oc(=O)cc(COC(=O)c3ccc(S(=O)(=O)N4CCCC4)cc3)c2cc1C(C)C. The van der Waals surface area contributed by atoms with E-state index in [0.29, 0.717) is 24.2 Å². The number of esters is 1. The van der Waals surface area contributed by atoms with Crippen LogP contribution in [0.4, 0.5) is 0 Å². The molecule has 1 aliphatic heterocycles. The highest BCUT2D eigenvalue weighted by atomic mass is 32.2. The van der Waals surface area contributed by atoms with Gasteiger partial charge in [-0.2, -0.15) is 4.31 Å². The molecule has 4 rings (SSSR count). The van der Waals surface area contributed by atoms with E-state index in [1.54, 1.807) is 0 Å². The lowest BCUT2D eigenvalue weighted by molar-refractivity contribution is 0.0473. The van der Waals surface area contributed by atoms with Crippen molar-refractivity contribution < 1.29 is 22.4 Å². The highest BCUT2D eigenvalue weighted by Crippen LogP contribution is 2.27. The van der Waals surface area contributed by atoms with Crippen molar-refractivity contribution in [2.24, 2.45) is 0 Å². The van der Waals surface area contributed by atoms with Crippen LogP contribution in [-0.4, -0.2) is 31.8 Å². The predicted molar refractivity (Wildman–Crippen MR) is 125 cm³/mol. The molecule has 0 bridgehead atoms. The molecule has 0 amide bonds. The zero-order chi connectivity index (χ0) is 23.8. The maximum absolute atomic E-state index is 12.7. The monoisotopic (exact) mass is 469 g/mol. The lowest BCUT2D eigenvalue weighted by Gasteiger charge is -2.15. The van der Waals surface area contributed by atoms with Crippen LogP contribution in [0, 0.1) is 6.92 Å². The molecule has 1 aromatic heterocycles. The van der Waals surface area contributed by atoms with Gasteiger partial charge >= 0.3 is 11.6 Å². The summed E-state index contributed by atoms with van der Waals surface area (Å²) in [4.78, 5) is 24.8. The third kappa shape index (κ3) is 4.72. The van der Waals surface area contributed by atoms with Gasteiger partial charge in [0.05, 0.1) is 10.5 Å². The first-order chi connectivity index (χ1) is 15.7. The van der Waals surface area contributed by atoms with Crippen molar-refractivity contribution in [2.75, 3.05) is 13.1 Å². The molecule has 0 atom stereocenters. The van der Waals surface area contributed by atoms with Crippen LogP contribution in [0.5, 0.6) is 0 Å². The first-order valence-corrected chi connectivity index (χ1v) is 12.5. The zero-order valence-electron chi connectivity index (χ0n) is 19.0. The Hall–Kier alpha value is -2.97. The van der Waals surface area contributed by atoms with Crippen LogP contribution >= 0.6 is 0 Å². The summed E-state index contributed by atoms with van der Waals surface area (Å²) in [5.74, 6) is -0.315. The third-order valence-corrected chi connectivity index (χ3v) is 7.90. The van der Waals surface area contributed by atoms with Crippen molar-refractivity contribution in [3.8, 4) is 0 Å². The van der Waals surface area contributed by atoms with Crippen molar-refractivity contribution in [2.45, 2.75) is 51.0 Å². The van der Waals surface area contributed by atoms with Gasteiger partial charge in [-0.3, -0.25) is 0 Å². The Kier molecular flexibility index (Phi) is 6.41. The van der Waals surface area contributed by atoms with Crippen LogP contribution in [0.3, 0.4) is 0 Å². The molecule has 1 saturated heterocycles. The summed E-state index contributed by atoms with van der Waals surface area (Å²) in [5, 5.41) is 0.726. The molecule has 1 fully saturated rings. The molecule has 0 unspecified atom stereocenters. The summed E-state index contributed by atoms with van der Waals surface area (Å²) >= 11 is 0. The molecule has 0 saturated carbocycles. The van der Waals surface area contributed by atoms with E-state index >= 15 is 0 Å². The van der Waals surface area contributed by atoms with Crippen LogP contribution in [0.2, 0.25) is 0 Å². The predicted octanol–water partition coefficient (Wildman–Crippen LogP) is 4.37. The van der Waals surface area contributed by atoms with E-state index in [-0.39, 0.29) is 23.0 Å². The van der Waals surface area contributed by atoms with Crippen LogP contribution in [0.15, 0.2) is 56.6 Å². The number of rotatable bonds is 6. The minimum absolute atomic E-state index is 0.102. The molecule has 0 radical (unpaired) electrons. The summed E-state index contributed by atoms with van der Waals surface area (Å²) < 4.78 is 37.6. The van der Waals surface area contributed by atoms with Gasteiger partial charge in [0.1, 0.15) is 12.2 Å². The smallest absolute Gasteiger partial charge is 0.338 e. The molecule has 33 heavy (non-hydrogen) atoms. The molecule has 7 nitrogen and oxygen atoms in total. The molecular formula is C25H27NO6S. The van der Waals surface area contributed by atoms with E-state index < -0.39 is 21.6 Å². The quantitative estimate of drug-likeness (QED) is 0.393. The Morgan fingerprint density at radius 2 is 1.76 bits per heavy atom. The number of hydrogen-bond acceptors (Lipinski definition) is 6. The van der Waals surface area contributed by atoms with Gasteiger partial charge in [-0.25, -0.2) is 18.0 Å². The first kappa shape index (κ1) is 23.2. The second-order valence-corrected chi connectivity index (χ2v) is 10.6. The Labute approximate surface area is 193 Å². The number of sulfonamides is 1. The number of carbonyl (C=O) groups is 1. The Morgan fingerprint density at radius 1 is 1.09 bits per heavy atom. The average molecular weight is 470 g/mol. The number of nitrogens with zero attached hydrogens (tertiary/aromatic N) is 1. The van der Waals surface area contributed by atoms with Gasteiger partial charge in [0, 0.05) is 30.1 Å². The van der Waals surface area contributed by atoms with E-state index in [2.05, 4.69) is 13.8 Å². The molecule has 0 aliphatic carbocycles. The summed E-state index contributed by atoms with van der Waals surface area (Å²) in [7, 11) is -3.54. The summed E-state index contributed by atoms with van der Waals surface area (Å²) in [6.45, 7) is 7.07. The number of ether oxygens (including phenoxy) is 1. The summed E-state index contributed by atoms with van der Waals surface area (Å²) in [5.41, 5.74) is 2.89. The molecule has 0 spiro atoms. The van der Waals surface area contributed by atoms with Crippen molar-refractivity contribution >= 4 is 27.0 Å². The maximum atomic E-state index is 12.7. The van der Waals surface area contributed by atoms with Gasteiger partial charge in [0.2, 0.25) is 10.0 Å². The van der Waals surface area contributed by atoms with Gasteiger partial charge in [-0.15, -0.1) is 0 Å². The molecular weight excluding hydrogens is 442 g/mol. The van der Waals surface area contributed by atoms with Crippen LogP contribution in [0.25, 0.3) is 11.0 Å². The minimum atomic E-state index is -3.54. The fourth-order valence-corrected chi connectivity index (χ4v) is 5.72. The molecule has 0 N–H and O–H groups in total. The van der Waals surface area contributed by atoms with Gasteiger partial charge in [0.15, 0.2) is 0 Å². The second kappa shape index (κ2) is 9.11. The van der Waals surface area contributed by atoms with Gasteiger partial charge in [-0.05, 0) is 73.2 Å². The number of benzene rings is 2. The van der Waals surface area contributed by atoms with Gasteiger partial charge in [-0.1, -0.05) is 13.8 Å². The topological polar surface area (TPSA) is 93.9 Å². The highest BCUT2D eigenvalue weighted by Gasteiger charge is 2.27. The van der Waals surface area contributed by atoms with E-state index in [1.807, 2.05) is 19.1 Å². The van der Waals surface area contributed by atoms with E-state index in [4.69, 9.17) is 9.15 Å². The van der Waals surface area contributed by atoms with Crippen molar-refractivity contribution in [3.63, 3.8) is 0 Å². The van der Waals surface area contributed by atoms with Crippen LogP contribution in [-0.2, 0) is 21.4 Å². The second-order valence-electron chi connectivity index (χ2n) is 8.66. The van der Waals surface area contributed by atoms with E-state index in [1.165, 1.54) is 34.6 Å². The highest BCUT2D eigenvalue weighted by molar-refractivity contribution is 7.89. The number of hydrogen-bond donors (Lipinski definition) is 0. The Bertz CT molecular complexity index is 1350. The van der Waals surface area contributed by atoms with Crippen LogP contribution in [0.1, 0.15) is 59.7 Å². The maximum Gasteiger partial charge on any atom is 0.338 e. The summed E-state index contributed by atoms with van der Waals surface area (Å²) in [6, 6.07) is 10.9. The fourth-order valence-electron chi connectivity index (χ4n) is 4.20. The standard InChI is InChI=1S/C25H27NO6S/c1-16(2)21-14-22-19(13-24(27)32-23(22)12-17(21)3)15-31-25(28)18-6-8-20(9-7-18)33(29,30)26-10-4-5-11-26/h6-9,12-14,16H,4-5,10-11,15H2,1-3H3. The van der Waals surface area contributed by atoms with Gasteiger partial charge in [0.25, 0.3) is 0 Å². The van der Waals surface area contributed by atoms with Gasteiger partial charge < -0.3 is 9.15 Å². The Morgan fingerprint density at radius 3 is 2.39 bits per heavy atom. The summed E-state index contributed by atoms with van der Waals surface area (Å²) in [6.07, 6.45) is 1.71. The zero-order valence-corrected chi connectivity index (χ0v) is 19.8. The fraction of sp³-hybridized carbons (Fsp3) is 0.360. The largest absolute Gasteiger partial charge is 0.457 e. The molecule has 1 aliphatic rings. The molecule has 3 aromatic rings. The van der Waals surface area contributed by atoms with E-state index in [0.717, 1.165) is 29.4 Å². The molecule has 174 valence electrons. The lowest BCUT2D eigenvalue weighted by atomic mass is 9.95. The minimum Gasteiger partial charge on any atom is -0.457 e. The normalized spacial score (nSPS) is 14.8. The Balaban J connectivity index is 1.54. The molecule has 8 heteroatoms. The molecule has 2 aromatic carbocycles.